The van der Waals surface area contributed by atoms with E-state index in [2.05, 4.69) is 53.7 Å². The van der Waals surface area contributed by atoms with Crippen LogP contribution in [0.25, 0.3) is 0 Å². The van der Waals surface area contributed by atoms with Gasteiger partial charge in [0.05, 0.1) is 5.25 Å². The van der Waals surface area contributed by atoms with E-state index in [1.54, 1.807) is 0 Å². The summed E-state index contributed by atoms with van der Waals surface area (Å²) in [6.07, 6.45) is 3.54. The minimum absolute atomic E-state index is 0.0920. The average Bonchev–Trinajstić information content (AvgIpc) is 3.05. The molecule has 1 aromatic carbocycles. The molecule has 1 saturated carbocycles. The fourth-order valence-corrected chi connectivity index (χ4v) is 5.37. The lowest BCUT2D eigenvalue weighted by Gasteiger charge is -2.35. The van der Waals surface area contributed by atoms with Crippen molar-refractivity contribution in [3.63, 3.8) is 0 Å². The summed E-state index contributed by atoms with van der Waals surface area (Å²) < 4.78 is 0.804. The van der Waals surface area contributed by atoms with Crippen LogP contribution < -0.4 is 10.6 Å². The van der Waals surface area contributed by atoms with Gasteiger partial charge in [-0.05, 0) is 49.8 Å². The molecule has 146 valence electrons. The molecule has 1 aromatic heterocycles. The van der Waals surface area contributed by atoms with Gasteiger partial charge in [0.15, 0.2) is 4.34 Å². The Bertz CT molecular complexity index is 779. The second kappa shape index (κ2) is 9.06. The van der Waals surface area contributed by atoms with Gasteiger partial charge in [0.1, 0.15) is 0 Å². The minimum atomic E-state index is -0.186. The number of hydrogen-bond donors (Lipinski definition) is 2. The molecule has 0 unspecified atom stereocenters. The molecule has 2 N–H and O–H groups in total. The van der Waals surface area contributed by atoms with E-state index >= 15 is 0 Å². The molecule has 1 fully saturated rings. The zero-order valence-corrected chi connectivity index (χ0v) is 18.0. The number of nitrogens with one attached hydrogen (secondary N) is 2. The summed E-state index contributed by atoms with van der Waals surface area (Å²) in [5, 5.41) is 15.5. The average molecular weight is 405 g/mol. The molecule has 0 bridgehead atoms. The van der Waals surface area contributed by atoms with Crippen molar-refractivity contribution in [3.05, 3.63) is 29.8 Å². The maximum atomic E-state index is 12.6. The van der Waals surface area contributed by atoms with Crippen LogP contribution in [0.15, 0.2) is 28.6 Å². The predicted molar refractivity (Wildman–Crippen MR) is 114 cm³/mol. The van der Waals surface area contributed by atoms with Crippen LogP contribution in [0, 0.1) is 18.8 Å². The zero-order chi connectivity index (χ0) is 19.4. The molecule has 27 heavy (non-hydrogen) atoms. The minimum Gasteiger partial charge on any atom is -0.352 e. The number of benzene rings is 1. The summed E-state index contributed by atoms with van der Waals surface area (Å²) in [7, 11) is 0. The van der Waals surface area contributed by atoms with Gasteiger partial charge in [0, 0.05) is 11.7 Å². The Morgan fingerprint density at radius 3 is 2.89 bits per heavy atom. The first-order chi connectivity index (χ1) is 12.9. The molecule has 0 spiro atoms. The Balaban J connectivity index is 1.54. The molecule has 2 aromatic rings. The van der Waals surface area contributed by atoms with E-state index in [1.807, 2.05) is 19.1 Å². The van der Waals surface area contributed by atoms with Crippen molar-refractivity contribution in [2.75, 3.05) is 5.32 Å². The summed E-state index contributed by atoms with van der Waals surface area (Å²) in [4.78, 5) is 12.6. The predicted octanol–water partition coefficient (Wildman–Crippen LogP) is 5.01. The number of carbonyl (C=O) groups excluding carboxylic acids is 1. The van der Waals surface area contributed by atoms with Crippen molar-refractivity contribution in [1.29, 1.82) is 0 Å². The van der Waals surface area contributed by atoms with Crippen molar-refractivity contribution >= 4 is 39.8 Å². The van der Waals surface area contributed by atoms with Crippen molar-refractivity contribution < 1.29 is 4.79 Å². The Kier molecular flexibility index (Phi) is 6.76. The van der Waals surface area contributed by atoms with E-state index in [1.165, 1.54) is 41.5 Å². The molecule has 3 rings (SSSR count). The van der Waals surface area contributed by atoms with Gasteiger partial charge in [-0.1, -0.05) is 61.9 Å². The fourth-order valence-electron chi connectivity index (χ4n) is 3.44. The lowest BCUT2D eigenvalue weighted by atomic mass is 9.78. The maximum absolute atomic E-state index is 12.6. The van der Waals surface area contributed by atoms with E-state index in [4.69, 9.17) is 0 Å². The highest BCUT2D eigenvalue weighted by atomic mass is 32.2. The van der Waals surface area contributed by atoms with Crippen molar-refractivity contribution in [3.8, 4) is 0 Å². The SMILES string of the molecule is Cc1cccc(Nc2nnc(S[C@H](C)C(=O)N[C@@H]3CCC[C@@H](C)[C@@H]3C)s2)c1. The van der Waals surface area contributed by atoms with E-state index < -0.39 is 0 Å². The second-order valence-electron chi connectivity index (χ2n) is 7.51. The highest BCUT2D eigenvalue weighted by Crippen LogP contribution is 2.32. The smallest absolute Gasteiger partial charge is 0.233 e. The molecule has 1 aliphatic carbocycles. The number of aromatic nitrogens is 2. The Labute approximate surface area is 169 Å². The summed E-state index contributed by atoms with van der Waals surface area (Å²) >= 11 is 2.95. The van der Waals surface area contributed by atoms with Crippen LogP contribution in [0.4, 0.5) is 10.8 Å². The standard InChI is InChI=1S/C20H28N4OS2/c1-12-7-5-9-16(11-12)21-19-23-24-20(27-19)26-15(4)18(25)22-17-10-6-8-13(2)14(17)3/h5,7,9,11,13-15,17H,6,8,10H2,1-4H3,(H,21,23)(H,22,25)/t13-,14+,15-,17-/m1/s1. The van der Waals surface area contributed by atoms with Gasteiger partial charge in [-0.15, -0.1) is 10.2 Å². The van der Waals surface area contributed by atoms with Crippen LogP contribution in [0.1, 0.15) is 45.6 Å². The first kappa shape index (κ1) is 20.1. The van der Waals surface area contributed by atoms with Crippen LogP contribution in [-0.4, -0.2) is 27.4 Å². The first-order valence-corrected chi connectivity index (χ1v) is 11.3. The molecule has 0 radical (unpaired) electrons. The highest BCUT2D eigenvalue weighted by molar-refractivity contribution is 8.02. The molecule has 1 amide bonds. The quantitative estimate of drug-likeness (QED) is 0.662. The van der Waals surface area contributed by atoms with E-state index in [-0.39, 0.29) is 17.2 Å². The maximum Gasteiger partial charge on any atom is 0.233 e. The molecule has 5 nitrogen and oxygen atoms in total. The summed E-state index contributed by atoms with van der Waals surface area (Å²) in [6.45, 7) is 8.53. The van der Waals surface area contributed by atoms with Crippen LogP contribution in [0.5, 0.6) is 0 Å². The Morgan fingerprint density at radius 1 is 1.30 bits per heavy atom. The van der Waals surface area contributed by atoms with E-state index in [0.717, 1.165) is 21.6 Å². The molecule has 1 aliphatic rings. The van der Waals surface area contributed by atoms with E-state index in [9.17, 15) is 4.79 Å². The van der Waals surface area contributed by atoms with Crippen LogP contribution in [0.2, 0.25) is 0 Å². The van der Waals surface area contributed by atoms with Gasteiger partial charge in [0.25, 0.3) is 0 Å². The number of amides is 1. The fraction of sp³-hybridized carbons (Fsp3) is 0.550. The van der Waals surface area contributed by atoms with Gasteiger partial charge in [-0.2, -0.15) is 0 Å². The monoisotopic (exact) mass is 404 g/mol. The number of rotatable bonds is 6. The molecule has 0 aliphatic heterocycles. The highest BCUT2D eigenvalue weighted by Gasteiger charge is 2.29. The molecular weight excluding hydrogens is 376 g/mol. The van der Waals surface area contributed by atoms with Gasteiger partial charge >= 0.3 is 0 Å². The lowest BCUT2D eigenvalue weighted by molar-refractivity contribution is -0.121. The third-order valence-electron chi connectivity index (χ3n) is 5.36. The molecule has 4 atom stereocenters. The van der Waals surface area contributed by atoms with Crippen molar-refractivity contribution in [2.24, 2.45) is 11.8 Å². The third-order valence-corrected chi connectivity index (χ3v) is 7.38. The number of aryl methyl sites for hydroxylation is 1. The Hall–Kier alpha value is -1.60. The Morgan fingerprint density at radius 2 is 2.11 bits per heavy atom. The van der Waals surface area contributed by atoms with Gasteiger partial charge in [0.2, 0.25) is 11.0 Å². The number of hydrogen-bond acceptors (Lipinski definition) is 6. The summed E-state index contributed by atoms with van der Waals surface area (Å²) in [6, 6.07) is 8.42. The van der Waals surface area contributed by atoms with Crippen molar-refractivity contribution in [2.45, 2.75) is 62.6 Å². The molecular formula is C20H28N4OS2. The third kappa shape index (κ3) is 5.45. The number of thioether (sulfide) groups is 1. The molecule has 0 saturated heterocycles. The van der Waals surface area contributed by atoms with Crippen LogP contribution >= 0.6 is 23.1 Å². The zero-order valence-electron chi connectivity index (χ0n) is 16.4. The van der Waals surface area contributed by atoms with Gasteiger partial charge in [-0.25, -0.2) is 0 Å². The number of nitrogens with zero attached hydrogens (tertiary/aromatic N) is 2. The first-order valence-electron chi connectivity index (χ1n) is 9.56. The molecule has 7 heteroatoms. The number of carbonyl (C=O) groups is 1. The van der Waals surface area contributed by atoms with Crippen LogP contribution in [0.3, 0.4) is 0 Å². The number of anilines is 2. The summed E-state index contributed by atoms with van der Waals surface area (Å²) in [5.41, 5.74) is 2.18. The lowest BCUT2D eigenvalue weighted by Crippen LogP contribution is -2.46. The largest absolute Gasteiger partial charge is 0.352 e. The van der Waals surface area contributed by atoms with Gasteiger partial charge in [-0.3, -0.25) is 4.79 Å². The van der Waals surface area contributed by atoms with Gasteiger partial charge < -0.3 is 10.6 Å². The molecule has 1 heterocycles. The summed E-state index contributed by atoms with van der Waals surface area (Å²) in [5.74, 6) is 1.30. The second-order valence-corrected chi connectivity index (χ2v) is 10.1. The van der Waals surface area contributed by atoms with E-state index in [0.29, 0.717) is 11.8 Å². The topological polar surface area (TPSA) is 66.9 Å². The normalized spacial score (nSPS) is 23.6. The van der Waals surface area contributed by atoms with Crippen LogP contribution in [-0.2, 0) is 4.79 Å². The van der Waals surface area contributed by atoms with Crippen molar-refractivity contribution in [1.82, 2.24) is 15.5 Å².